The number of carboxylic acids is 1. The standard InChI is InChI=1S/C10H13NO3S/c1-5-3-7(12)6(4-8(5)15-2)9(11)10(13)14/h3-4,9,12H,11H2,1-2H3,(H,13,14)/t9-/m0/s1. The highest BCUT2D eigenvalue weighted by atomic mass is 32.2. The molecule has 0 heterocycles. The number of phenolic OH excluding ortho intramolecular Hbond substituents is 1. The number of aromatic hydroxyl groups is 1. The summed E-state index contributed by atoms with van der Waals surface area (Å²) in [5, 5.41) is 18.3. The second-order valence-electron chi connectivity index (χ2n) is 3.20. The van der Waals surface area contributed by atoms with Crippen molar-refractivity contribution in [3.05, 3.63) is 23.3 Å². The van der Waals surface area contributed by atoms with Gasteiger partial charge >= 0.3 is 5.97 Å². The molecular weight excluding hydrogens is 214 g/mol. The Morgan fingerprint density at radius 2 is 2.13 bits per heavy atom. The number of aryl methyl sites for hydroxylation is 1. The predicted molar refractivity (Wildman–Crippen MR) is 59.2 cm³/mol. The summed E-state index contributed by atoms with van der Waals surface area (Å²) >= 11 is 1.49. The first-order valence-corrected chi connectivity index (χ1v) is 5.55. The van der Waals surface area contributed by atoms with Crippen LogP contribution < -0.4 is 5.73 Å². The Balaban J connectivity index is 3.24. The predicted octanol–water partition coefficient (Wildman–Crippen LogP) is 1.51. The quantitative estimate of drug-likeness (QED) is 0.682. The highest BCUT2D eigenvalue weighted by molar-refractivity contribution is 7.98. The van der Waals surface area contributed by atoms with Crippen molar-refractivity contribution >= 4 is 17.7 Å². The fraction of sp³-hybridized carbons (Fsp3) is 0.300. The van der Waals surface area contributed by atoms with Gasteiger partial charge in [0.2, 0.25) is 0 Å². The molecule has 82 valence electrons. The van der Waals surface area contributed by atoms with Gasteiger partial charge in [-0.15, -0.1) is 11.8 Å². The van der Waals surface area contributed by atoms with Gasteiger partial charge in [0.25, 0.3) is 0 Å². The maximum absolute atomic E-state index is 10.7. The van der Waals surface area contributed by atoms with Crippen molar-refractivity contribution in [2.45, 2.75) is 17.9 Å². The van der Waals surface area contributed by atoms with Gasteiger partial charge in [-0.25, -0.2) is 0 Å². The molecule has 0 bridgehead atoms. The number of benzene rings is 1. The molecular formula is C10H13NO3S. The van der Waals surface area contributed by atoms with Crippen molar-refractivity contribution in [3.8, 4) is 5.75 Å². The minimum Gasteiger partial charge on any atom is -0.508 e. The van der Waals surface area contributed by atoms with E-state index in [4.69, 9.17) is 10.8 Å². The minimum atomic E-state index is -1.18. The normalized spacial score (nSPS) is 12.5. The van der Waals surface area contributed by atoms with Crippen molar-refractivity contribution in [1.82, 2.24) is 0 Å². The van der Waals surface area contributed by atoms with Crippen LogP contribution in [0.25, 0.3) is 0 Å². The van der Waals surface area contributed by atoms with Gasteiger partial charge < -0.3 is 15.9 Å². The number of thioether (sulfide) groups is 1. The van der Waals surface area contributed by atoms with Crippen LogP contribution in [0.2, 0.25) is 0 Å². The lowest BCUT2D eigenvalue weighted by Crippen LogP contribution is -2.20. The van der Waals surface area contributed by atoms with Gasteiger partial charge in [-0.1, -0.05) is 0 Å². The Morgan fingerprint density at radius 1 is 1.53 bits per heavy atom. The minimum absolute atomic E-state index is 0.0693. The van der Waals surface area contributed by atoms with Crippen molar-refractivity contribution in [2.75, 3.05) is 6.26 Å². The molecule has 0 aliphatic rings. The summed E-state index contributed by atoms with van der Waals surface area (Å²) in [6.07, 6.45) is 1.88. The van der Waals surface area contributed by atoms with Crippen molar-refractivity contribution in [2.24, 2.45) is 5.73 Å². The van der Waals surface area contributed by atoms with Gasteiger partial charge in [0.05, 0.1) is 0 Å². The molecule has 0 saturated carbocycles. The van der Waals surface area contributed by atoms with E-state index in [-0.39, 0.29) is 11.3 Å². The number of phenols is 1. The molecule has 4 N–H and O–H groups in total. The van der Waals surface area contributed by atoms with Crippen LogP contribution >= 0.6 is 11.8 Å². The fourth-order valence-electron chi connectivity index (χ4n) is 1.29. The topological polar surface area (TPSA) is 83.6 Å². The van der Waals surface area contributed by atoms with Crippen LogP contribution in [0.4, 0.5) is 0 Å². The van der Waals surface area contributed by atoms with Gasteiger partial charge in [0, 0.05) is 10.5 Å². The van der Waals surface area contributed by atoms with E-state index in [1.165, 1.54) is 17.8 Å². The lowest BCUT2D eigenvalue weighted by molar-refractivity contribution is -0.138. The molecule has 0 unspecified atom stereocenters. The maximum atomic E-state index is 10.7. The third kappa shape index (κ3) is 2.43. The molecule has 1 aromatic rings. The van der Waals surface area contributed by atoms with Crippen LogP contribution in [0.5, 0.6) is 5.75 Å². The number of hydrogen-bond donors (Lipinski definition) is 3. The first-order chi connectivity index (χ1) is 6.97. The lowest BCUT2D eigenvalue weighted by atomic mass is 10.0. The Kier molecular flexibility index (Phi) is 3.60. The molecule has 0 aliphatic carbocycles. The summed E-state index contributed by atoms with van der Waals surface area (Å²) in [7, 11) is 0. The van der Waals surface area contributed by atoms with E-state index in [1.807, 2.05) is 13.2 Å². The van der Waals surface area contributed by atoms with Crippen molar-refractivity contribution in [1.29, 1.82) is 0 Å². The van der Waals surface area contributed by atoms with E-state index in [0.29, 0.717) is 0 Å². The number of rotatable bonds is 3. The summed E-state index contributed by atoms with van der Waals surface area (Å²) in [4.78, 5) is 11.6. The van der Waals surface area contributed by atoms with E-state index < -0.39 is 12.0 Å². The summed E-state index contributed by atoms with van der Waals surface area (Å²) in [6.45, 7) is 1.85. The summed E-state index contributed by atoms with van der Waals surface area (Å²) in [5.41, 5.74) is 6.60. The van der Waals surface area contributed by atoms with Crippen LogP contribution in [-0.4, -0.2) is 22.4 Å². The average Bonchev–Trinajstić information content (AvgIpc) is 2.17. The summed E-state index contributed by atoms with van der Waals surface area (Å²) < 4.78 is 0. The maximum Gasteiger partial charge on any atom is 0.325 e. The summed E-state index contributed by atoms with van der Waals surface area (Å²) in [5.74, 6) is -1.22. The van der Waals surface area contributed by atoms with Crippen LogP contribution in [0.3, 0.4) is 0 Å². The van der Waals surface area contributed by atoms with Gasteiger partial charge in [-0.2, -0.15) is 0 Å². The highest BCUT2D eigenvalue weighted by Crippen LogP contribution is 2.30. The molecule has 4 nitrogen and oxygen atoms in total. The number of hydrogen-bond acceptors (Lipinski definition) is 4. The molecule has 5 heteroatoms. The SMILES string of the molecule is CSc1cc([C@H](N)C(=O)O)c(O)cc1C. The Bertz CT molecular complexity index is 392. The highest BCUT2D eigenvalue weighted by Gasteiger charge is 2.19. The zero-order valence-corrected chi connectivity index (χ0v) is 9.34. The molecule has 15 heavy (non-hydrogen) atoms. The summed E-state index contributed by atoms with van der Waals surface area (Å²) in [6, 6.07) is 1.97. The third-order valence-corrected chi connectivity index (χ3v) is 3.02. The second kappa shape index (κ2) is 4.55. The van der Waals surface area contributed by atoms with Gasteiger partial charge in [0.1, 0.15) is 11.8 Å². The van der Waals surface area contributed by atoms with E-state index in [1.54, 1.807) is 6.07 Å². The molecule has 0 spiro atoms. The molecule has 0 aliphatic heterocycles. The Hall–Kier alpha value is -1.20. The largest absolute Gasteiger partial charge is 0.508 e. The monoisotopic (exact) mass is 227 g/mol. The van der Waals surface area contributed by atoms with Gasteiger partial charge in [-0.05, 0) is 30.9 Å². The van der Waals surface area contributed by atoms with E-state index in [9.17, 15) is 9.90 Å². The van der Waals surface area contributed by atoms with E-state index in [0.717, 1.165) is 10.5 Å². The first kappa shape index (κ1) is 11.9. The third-order valence-electron chi connectivity index (χ3n) is 2.15. The van der Waals surface area contributed by atoms with Crippen LogP contribution in [0.15, 0.2) is 17.0 Å². The lowest BCUT2D eigenvalue weighted by Gasteiger charge is -2.12. The molecule has 0 fully saturated rings. The van der Waals surface area contributed by atoms with Crippen LogP contribution in [0.1, 0.15) is 17.2 Å². The number of aliphatic carboxylic acids is 1. The Morgan fingerprint density at radius 3 is 2.60 bits per heavy atom. The second-order valence-corrected chi connectivity index (χ2v) is 4.04. The molecule has 0 aromatic heterocycles. The Labute approximate surface area is 92.1 Å². The van der Waals surface area contributed by atoms with E-state index in [2.05, 4.69) is 0 Å². The zero-order valence-electron chi connectivity index (χ0n) is 8.52. The van der Waals surface area contributed by atoms with Crippen molar-refractivity contribution < 1.29 is 15.0 Å². The number of carbonyl (C=O) groups is 1. The molecule has 1 aromatic carbocycles. The fourth-order valence-corrected chi connectivity index (χ4v) is 1.92. The van der Waals surface area contributed by atoms with Crippen LogP contribution in [0, 0.1) is 6.92 Å². The van der Waals surface area contributed by atoms with Gasteiger partial charge in [-0.3, -0.25) is 4.79 Å². The smallest absolute Gasteiger partial charge is 0.325 e. The number of carboxylic acid groups (broad SMARTS) is 1. The average molecular weight is 227 g/mol. The molecule has 1 atom stereocenters. The molecule has 0 saturated heterocycles. The first-order valence-electron chi connectivity index (χ1n) is 4.33. The zero-order chi connectivity index (χ0) is 11.6. The van der Waals surface area contributed by atoms with Gasteiger partial charge in [0.15, 0.2) is 0 Å². The molecule has 0 amide bonds. The van der Waals surface area contributed by atoms with Crippen LogP contribution in [-0.2, 0) is 4.79 Å². The van der Waals surface area contributed by atoms with E-state index >= 15 is 0 Å². The molecule has 1 rings (SSSR count). The molecule has 0 radical (unpaired) electrons. The number of nitrogens with two attached hydrogens (primary N) is 1. The van der Waals surface area contributed by atoms with Crippen molar-refractivity contribution in [3.63, 3.8) is 0 Å².